The van der Waals surface area contributed by atoms with Crippen LogP contribution in [0.2, 0.25) is 0 Å². The summed E-state index contributed by atoms with van der Waals surface area (Å²) in [6.45, 7) is 7.45. The molecule has 2 aromatic rings. The molecule has 0 unspecified atom stereocenters. The number of sulfonamides is 1. The third kappa shape index (κ3) is 10.2. The van der Waals surface area contributed by atoms with Crippen molar-refractivity contribution < 1.29 is 31.2 Å². The Hall–Kier alpha value is -3.08. The molecule has 0 bridgehead atoms. The van der Waals surface area contributed by atoms with Crippen molar-refractivity contribution in [2.24, 2.45) is 0 Å². The minimum absolute atomic E-state index is 0.0569. The first-order valence-electron chi connectivity index (χ1n) is 12.8. The van der Waals surface area contributed by atoms with E-state index in [9.17, 15) is 31.2 Å². The molecule has 0 aliphatic heterocycles. The Balaban J connectivity index is 2.22. The van der Waals surface area contributed by atoms with Crippen molar-refractivity contribution in [2.45, 2.75) is 71.1 Å². The van der Waals surface area contributed by atoms with Crippen LogP contribution < -0.4 is 9.62 Å². The lowest BCUT2D eigenvalue weighted by atomic mass is 10.0. The van der Waals surface area contributed by atoms with Gasteiger partial charge in [-0.15, -0.1) is 0 Å². The Morgan fingerprint density at radius 3 is 2.15 bits per heavy atom. The summed E-state index contributed by atoms with van der Waals surface area (Å²) in [7, 11) is -3.92. The van der Waals surface area contributed by atoms with Crippen LogP contribution in [-0.4, -0.2) is 56.1 Å². The summed E-state index contributed by atoms with van der Waals surface area (Å²) in [5.41, 5.74) is -0.599. The van der Waals surface area contributed by atoms with Gasteiger partial charge in [-0.3, -0.25) is 13.9 Å². The molecule has 11 heteroatoms. The molecule has 2 amide bonds. The van der Waals surface area contributed by atoms with Crippen LogP contribution in [-0.2, 0) is 32.2 Å². The molecular formula is C28H38F3N3O4S. The first-order chi connectivity index (χ1) is 18.0. The number of amides is 2. The lowest BCUT2D eigenvalue weighted by molar-refractivity contribution is -0.141. The molecule has 0 saturated heterocycles. The smallest absolute Gasteiger partial charge is 0.350 e. The second kappa shape index (κ2) is 13.3. The Labute approximate surface area is 229 Å². The lowest BCUT2D eigenvalue weighted by Crippen LogP contribution is -2.54. The number of nitrogens with one attached hydrogen (secondary N) is 1. The summed E-state index contributed by atoms with van der Waals surface area (Å²) in [6.07, 6.45) is -2.85. The maximum absolute atomic E-state index is 13.4. The Morgan fingerprint density at radius 1 is 0.974 bits per heavy atom. The van der Waals surface area contributed by atoms with Crippen molar-refractivity contribution in [3.05, 3.63) is 65.7 Å². The molecular weight excluding hydrogens is 531 g/mol. The van der Waals surface area contributed by atoms with Crippen molar-refractivity contribution in [3.63, 3.8) is 0 Å². The largest absolute Gasteiger partial charge is 0.416 e. The van der Waals surface area contributed by atoms with Gasteiger partial charge in [-0.25, -0.2) is 8.42 Å². The molecule has 216 valence electrons. The van der Waals surface area contributed by atoms with Gasteiger partial charge < -0.3 is 10.2 Å². The Morgan fingerprint density at radius 2 is 1.62 bits per heavy atom. The van der Waals surface area contributed by atoms with Crippen molar-refractivity contribution in [1.82, 2.24) is 10.2 Å². The molecule has 0 aromatic heterocycles. The lowest BCUT2D eigenvalue weighted by Gasteiger charge is -2.33. The zero-order chi connectivity index (χ0) is 29.4. The van der Waals surface area contributed by atoms with E-state index in [0.29, 0.717) is 12.8 Å². The number of rotatable bonds is 12. The number of alkyl halides is 3. The maximum Gasteiger partial charge on any atom is 0.416 e. The van der Waals surface area contributed by atoms with E-state index in [-0.39, 0.29) is 43.4 Å². The fourth-order valence-electron chi connectivity index (χ4n) is 4.19. The molecule has 0 spiro atoms. The van der Waals surface area contributed by atoms with E-state index in [1.807, 2.05) is 58.0 Å². The minimum atomic E-state index is -4.63. The van der Waals surface area contributed by atoms with Crippen LogP contribution in [0.3, 0.4) is 0 Å². The predicted molar refractivity (Wildman–Crippen MR) is 147 cm³/mol. The van der Waals surface area contributed by atoms with E-state index in [1.54, 1.807) is 0 Å². The van der Waals surface area contributed by atoms with Crippen molar-refractivity contribution in [2.75, 3.05) is 23.7 Å². The van der Waals surface area contributed by atoms with E-state index >= 15 is 0 Å². The van der Waals surface area contributed by atoms with E-state index in [4.69, 9.17) is 0 Å². The highest BCUT2D eigenvalue weighted by Gasteiger charge is 2.32. The summed E-state index contributed by atoms with van der Waals surface area (Å²) in [5.74, 6) is -0.618. The van der Waals surface area contributed by atoms with Crippen LogP contribution in [0, 0.1) is 0 Å². The van der Waals surface area contributed by atoms with Crippen LogP contribution in [0.4, 0.5) is 18.9 Å². The zero-order valence-electron chi connectivity index (χ0n) is 23.1. The van der Waals surface area contributed by atoms with Gasteiger partial charge >= 0.3 is 6.18 Å². The number of carbonyl (C=O) groups is 2. The number of carbonyl (C=O) groups excluding carboxylic acids is 2. The number of nitrogens with zero attached hydrogens (tertiary/aromatic N) is 2. The molecule has 7 nitrogen and oxygen atoms in total. The van der Waals surface area contributed by atoms with Gasteiger partial charge in [0, 0.05) is 25.0 Å². The Bertz CT molecular complexity index is 1210. The third-order valence-electron chi connectivity index (χ3n) is 5.98. The summed E-state index contributed by atoms with van der Waals surface area (Å²) < 4.78 is 65.3. The molecule has 1 N–H and O–H groups in total. The molecule has 0 saturated carbocycles. The minimum Gasteiger partial charge on any atom is -0.350 e. The topological polar surface area (TPSA) is 86.8 Å². The quantitative estimate of drug-likeness (QED) is 0.389. The normalized spacial score (nSPS) is 13.0. The average molecular weight is 570 g/mol. The van der Waals surface area contributed by atoms with Gasteiger partial charge in [-0.2, -0.15) is 13.2 Å². The second-order valence-corrected chi connectivity index (χ2v) is 12.4. The number of anilines is 1. The molecule has 0 aliphatic rings. The molecule has 39 heavy (non-hydrogen) atoms. The van der Waals surface area contributed by atoms with Crippen LogP contribution in [0.25, 0.3) is 0 Å². The Kier molecular flexibility index (Phi) is 11.0. The zero-order valence-corrected chi connectivity index (χ0v) is 23.9. The highest BCUT2D eigenvalue weighted by Crippen LogP contribution is 2.32. The molecule has 1 atom stereocenters. The molecule has 0 heterocycles. The standard InChI is InChI=1S/C28H38F3N3O4S/c1-6-24(26(36)32-27(2,3)4)33(19-17-21-12-8-7-9-13-21)25(35)16-11-18-34(39(5,37)38)23-15-10-14-22(20-23)28(29,30)31/h7-10,12-15,20,24H,6,11,16-19H2,1-5H3,(H,32,36)/t24-/m0/s1. The van der Waals surface area contributed by atoms with E-state index in [0.717, 1.165) is 34.3 Å². The summed E-state index contributed by atoms with van der Waals surface area (Å²) >= 11 is 0. The molecule has 2 rings (SSSR count). The van der Waals surface area contributed by atoms with Crippen LogP contribution in [0.5, 0.6) is 0 Å². The highest BCUT2D eigenvalue weighted by molar-refractivity contribution is 7.92. The van der Waals surface area contributed by atoms with Gasteiger partial charge in [0.2, 0.25) is 21.8 Å². The fraction of sp³-hybridized carbons (Fsp3) is 0.500. The summed E-state index contributed by atoms with van der Waals surface area (Å²) in [5, 5.41) is 2.92. The summed E-state index contributed by atoms with van der Waals surface area (Å²) in [6, 6.07) is 12.9. The predicted octanol–water partition coefficient (Wildman–Crippen LogP) is 5.02. The first kappa shape index (κ1) is 32.1. The van der Waals surface area contributed by atoms with E-state index < -0.39 is 33.3 Å². The maximum atomic E-state index is 13.4. The van der Waals surface area contributed by atoms with Crippen LogP contribution in [0.15, 0.2) is 54.6 Å². The first-order valence-corrected chi connectivity index (χ1v) is 14.7. The van der Waals surface area contributed by atoms with Crippen molar-refractivity contribution >= 4 is 27.5 Å². The third-order valence-corrected chi connectivity index (χ3v) is 7.18. The van der Waals surface area contributed by atoms with Crippen molar-refractivity contribution in [1.29, 1.82) is 0 Å². The van der Waals surface area contributed by atoms with E-state index in [2.05, 4.69) is 5.32 Å². The van der Waals surface area contributed by atoms with Crippen LogP contribution in [0.1, 0.15) is 58.1 Å². The van der Waals surface area contributed by atoms with Gasteiger partial charge in [-0.05, 0) is 63.8 Å². The average Bonchev–Trinajstić information content (AvgIpc) is 2.82. The van der Waals surface area contributed by atoms with Gasteiger partial charge in [0.15, 0.2) is 0 Å². The number of halogens is 3. The summed E-state index contributed by atoms with van der Waals surface area (Å²) in [4.78, 5) is 28.0. The monoisotopic (exact) mass is 569 g/mol. The van der Waals surface area contributed by atoms with Crippen molar-refractivity contribution in [3.8, 4) is 0 Å². The molecule has 0 aliphatic carbocycles. The SMILES string of the molecule is CC[C@@H](C(=O)NC(C)(C)C)N(CCc1ccccc1)C(=O)CCCN(c1cccc(C(F)(F)F)c1)S(C)(=O)=O. The highest BCUT2D eigenvalue weighted by atomic mass is 32.2. The number of benzene rings is 2. The molecule has 0 fully saturated rings. The van der Waals surface area contributed by atoms with Gasteiger partial charge in [-0.1, -0.05) is 43.3 Å². The number of hydrogen-bond acceptors (Lipinski definition) is 4. The van der Waals surface area contributed by atoms with Gasteiger partial charge in [0.05, 0.1) is 17.5 Å². The van der Waals surface area contributed by atoms with E-state index in [1.165, 1.54) is 11.0 Å². The van der Waals surface area contributed by atoms with Gasteiger partial charge in [0.1, 0.15) is 6.04 Å². The van der Waals surface area contributed by atoms with Gasteiger partial charge in [0.25, 0.3) is 0 Å². The fourth-order valence-corrected chi connectivity index (χ4v) is 5.15. The number of hydrogen-bond donors (Lipinski definition) is 1. The second-order valence-electron chi connectivity index (χ2n) is 10.5. The van der Waals surface area contributed by atoms with Crippen LogP contribution >= 0.6 is 0 Å². The molecule has 2 aromatic carbocycles. The molecule has 0 radical (unpaired) electrons.